The lowest BCUT2D eigenvalue weighted by Crippen LogP contribution is -2.37. The molecule has 0 bridgehead atoms. The molecular formula is C15H20N2O3. The van der Waals surface area contributed by atoms with Gasteiger partial charge in [0.05, 0.1) is 6.42 Å². The fraction of sp³-hybridized carbons (Fsp3) is 0.467. The number of urea groups is 1. The van der Waals surface area contributed by atoms with Gasteiger partial charge in [0.1, 0.15) is 0 Å². The Hall–Kier alpha value is -2.04. The van der Waals surface area contributed by atoms with Gasteiger partial charge in [0, 0.05) is 11.7 Å². The van der Waals surface area contributed by atoms with Gasteiger partial charge < -0.3 is 15.7 Å². The zero-order valence-electron chi connectivity index (χ0n) is 11.6. The minimum Gasteiger partial charge on any atom is -0.481 e. The molecule has 1 unspecified atom stereocenters. The number of hydrogen-bond donors (Lipinski definition) is 3. The largest absolute Gasteiger partial charge is 0.481 e. The molecule has 108 valence electrons. The lowest BCUT2D eigenvalue weighted by molar-refractivity contribution is -0.137. The maximum atomic E-state index is 11.9. The first-order chi connectivity index (χ1) is 9.56. The Kier molecular flexibility index (Phi) is 4.61. The van der Waals surface area contributed by atoms with E-state index in [2.05, 4.69) is 16.7 Å². The number of amides is 2. The summed E-state index contributed by atoms with van der Waals surface area (Å²) in [5.74, 6) is -0.921. The van der Waals surface area contributed by atoms with Crippen molar-refractivity contribution in [2.75, 3.05) is 5.32 Å². The number of carbonyl (C=O) groups excluding carboxylic acids is 1. The molecule has 0 radical (unpaired) electrons. The molecule has 1 aromatic rings. The summed E-state index contributed by atoms with van der Waals surface area (Å²) >= 11 is 0. The van der Waals surface area contributed by atoms with Crippen LogP contribution in [-0.4, -0.2) is 23.1 Å². The second kappa shape index (κ2) is 6.41. The molecule has 1 aromatic carbocycles. The van der Waals surface area contributed by atoms with Crippen molar-refractivity contribution in [3.63, 3.8) is 0 Å². The van der Waals surface area contributed by atoms with Crippen molar-refractivity contribution in [2.45, 2.75) is 45.1 Å². The Morgan fingerprint density at radius 1 is 1.30 bits per heavy atom. The van der Waals surface area contributed by atoms with E-state index < -0.39 is 12.0 Å². The monoisotopic (exact) mass is 276 g/mol. The number of hydrogen-bond acceptors (Lipinski definition) is 2. The van der Waals surface area contributed by atoms with Crippen molar-refractivity contribution in [3.05, 3.63) is 29.3 Å². The summed E-state index contributed by atoms with van der Waals surface area (Å²) in [5, 5.41) is 14.1. The Morgan fingerprint density at radius 3 is 2.80 bits per heavy atom. The number of carboxylic acid groups (broad SMARTS) is 1. The van der Waals surface area contributed by atoms with Crippen LogP contribution in [0.15, 0.2) is 18.2 Å². The number of aliphatic carboxylic acids is 1. The van der Waals surface area contributed by atoms with Crippen LogP contribution in [0.25, 0.3) is 0 Å². The van der Waals surface area contributed by atoms with Gasteiger partial charge >= 0.3 is 12.0 Å². The number of rotatable bonds is 4. The van der Waals surface area contributed by atoms with E-state index in [1.807, 2.05) is 12.1 Å². The normalized spacial score (nSPS) is 15.1. The maximum Gasteiger partial charge on any atom is 0.319 e. The standard InChI is InChI=1S/C15H20N2O3/c1-10(9-14(18)19)16-15(20)17-13-8-4-6-11-5-2-3-7-12(11)13/h4,6,8,10H,2-3,5,7,9H2,1H3,(H,18,19)(H2,16,17,20). The Morgan fingerprint density at radius 2 is 2.05 bits per heavy atom. The number of fused-ring (bicyclic) bond motifs is 1. The lowest BCUT2D eigenvalue weighted by Gasteiger charge is -2.20. The van der Waals surface area contributed by atoms with E-state index in [4.69, 9.17) is 5.11 Å². The molecule has 5 nitrogen and oxygen atoms in total. The molecule has 0 saturated heterocycles. The molecule has 1 atom stereocenters. The van der Waals surface area contributed by atoms with Gasteiger partial charge in [-0.05, 0) is 49.8 Å². The van der Waals surface area contributed by atoms with Crippen LogP contribution in [0.3, 0.4) is 0 Å². The average Bonchev–Trinajstić information content (AvgIpc) is 2.38. The number of carboxylic acids is 1. The summed E-state index contributed by atoms with van der Waals surface area (Å²) in [7, 11) is 0. The fourth-order valence-electron chi connectivity index (χ4n) is 2.59. The second-order valence-electron chi connectivity index (χ2n) is 5.25. The molecule has 2 amide bonds. The Bertz CT molecular complexity index is 514. The quantitative estimate of drug-likeness (QED) is 0.790. The predicted molar refractivity (Wildman–Crippen MR) is 77.0 cm³/mol. The third kappa shape index (κ3) is 3.73. The minimum atomic E-state index is -0.921. The first kappa shape index (κ1) is 14.4. The van der Waals surface area contributed by atoms with Gasteiger partial charge in [-0.15, -0.1) is 0 Å². The molecule has 0 heterocycles. The van der Waals surface area contributed by atoms with Gasteiger partial charge in [0.25, 0.3) is 0 Å². The minimum absolute atomic E-state index is 0.0830. The van der Waals surface area contributed by atoms with E-state index in [1.54, 1.807) is 6.92 Å². The lowest BCUT2D eigenvalue weighted by atomic mass is 9.90. The van der Waals surface area contributed by atoms with Gasteiger partial charge in [-0.2, -0.15) is 0 Å². The van der Waals surface area contributed by atoms with Crippen LogP contribution in [-0.2, 0) is 17.6 Å². The number of carbonyl (C=O) groups is 2. The summed E-state index contributed by atoms with van der Waals surface area (Å²) in [5.41, 5.74) is 3.34. The molecule has 3 N–H and O–H groups in total. The zero-order valence-corrected chi connectivity index (χ0v) is 11.6. The summed E-state index contributed by atoms with van der Waals surface area (Å²) in [4.78, 5) is 22.4. The van der Waals surface area contributed by atoms with Crippen LogP contribution in [0, 0.1) is 0 Å². The molecule has 5 heteroatoms. The fourth-order valence-corrected chi connectivity index (χ4v) is 2.59. The summed E-state index contributed by atoms with van der Waals surface area (Å²) in [6.07, 6.45) is 4.29. The van der Waals surface area contributed by atoms with Crippen LogP contribution in [0.2, 0.25) is 0 Å². The molecule has 0 aliphatic heterocycles. The maximum absolute atomic E-state index is 11.9. The Balaban J connectivity index is 1.99. The van der Waals surface area contributed by atoms with E-state index in [1.165, 1.54) is 17.5 Å². The van der Waals surface area contributed by atoms with Crippen molar-refractivity contribution < 1.29 is 14.7 Å². The smallest absolute Gasteiger partial charge is 0.319 e. The summed E-state index contributed by atoms with van der Waals surface area (Å²) < 4.78 is 0. The molecule has 1 aliphatic carbocycles. The van der Waals surface area contributed by atoms with Crippen LogP contribution in [0.1, 0.15) is 37.3 Å². The van der Waals surface area contributed by atoms with Crippen molar-refractivity contribution in [1.29, 1.82) is 0 Å². The number of nitrogens with one attached hydrogen (secondary N) is 2. The van der Waals surface area contributed by atoms with Crippen LogP contribution >= 0.6 is 0 Å². The molecule has 1 aliphatic rings. The van der Waals surface area contributed by atoms with Crippen molar-refractivity contribution in [2.24, 2.45) is 0 Å². The van der Waals surface area contributed by atoms with Crippen LogP contribution < -0.4 is 10.6 Å². The third-order valence-corrected chi connectivity index (χ3v) is 3.50. The number of benzene rings is 1. The Labute approximate surface area is 118 Å². The van der Waals surface area contributed by atoms with E-state index in [-0.39, 0.29) is 12.5 Å². The summed E-state index contributed by atoms with van der Waals surface area (Å²) in [6.45, 7) is 1.67. The second-order valence-corrected chi connectivity index (χ2v) is 5.25. The highest BCUT2D eigenvalue weighted by molar-refractivity contribution is 5.90. The van der Waals surface area contributed by atoms with Crippen molar-refractivity contribution in [3.8, 4) is 0 Å². The molecule has 0 aromatic heterocycles. The van der Waals surface area contributed by atoms with Crippen LogP contribution in [0.5, 0.6) is 0 Å². The van der Waals surface area contributed by atoms with Crippen LogP contribution in [0.4, 0.5) is 10.5 Å². The highest BCUT2D eigenvalue weighted by Crippen LogP contribution is 2.27. The molecule has 2 rings (SSSR count). The van der Waals surface area contributed by atoms with Crippen molar-refractivity contribution >= 4 is 17.7 Å². The van der Waals surface area contributed by atoms with E-state index >= 15 is 0 Å². The van der Waals surface area contributed by atoms with Gasteiger partial charge in [0.2, 0.25) is 0 Å². The molecule has 0 fully saturated rings. The van der Waals surface area contributed by atoms with Gasteiger partial charge in [-0.25, -0.2) is 4.79 Å². The SMILES string of the molecule is CC(CC(=O)O)NC(=O)Nc1cccc2c1CCCC2. The van der Waals surface area contributed by atoms with E-state index in [0.29, 0.717) is 0 Å². The first-order valence-corrected chi connectivity index (χ1v) is 6.96. The number of anilines is 1. The predicted octanol–water partition coefficient (Wildman–Crippen LogP) is 2.55. The zero-order chi connectivity index (χ0) is 14.5. The molecular weight excluding hydrogens is 256 g/mol. The van der Waals surface area contributed by atoms with Gasteiger partial charge in [0.15, 0.2) is 0 Å². The number of aryl methyl sites for hydroxylation is 1. The van der Waals surface area contributed by atoms with E-state index in [9.17, 15) is 9.59 Å². The van der Waals surface area contributed by atoms with Crippen molar-refractivity contribution in [1.82, 2.24) is 5.32 Å². The van der Waals surface area contributed by atoms with Gasteiger partial charge in [-0.3, -0.25) is 4.79 Å². The molecule has 0 saturated carbocycles. The highest BCUT2D eigenvalue weighted by atomic mass is 16.4. The topological polar surface area (TPSA) is 78.4 Å². The highest BCUT2D eigenvalue weighted by Gasteiger charge is 2.15. The molecule has 20 heavy (non-hydrogen) atoms. The third-order valence-electron chi connectivity index (χ3n) is 3.50. The summed E-state index contributed by atoms with van der Waals surface area (Å²) in [6, 6.07) is 5.20. The van der Waals surface area contributed by atoms with E-state index in [0.717, 1.165) is 24.9 Å². The first-order valence-electron chi connectivity index (χ1n) is 6.96. The molecule has 0 spiro atoms. The average molecular weight is 276 g/mol. The van der Waals surface area contributed by atoms with Gasteiger partial charge in [-0.1, -0.05) is 12.1 Å².